The quantitative estimate of drug-likeness (QED) is 0.431. The summed E-state index contributed by atoms with van der Waals surface area (Å²) >= 11 is 0. The molecule has 2 aromatic heterocycles. The second-order valence-corrected chi connectivity index (χ2v) is 7.17. The lowest BCUT2D eigenvalue weighted by molar-refractivity contribution is -0.0592. The van der Waals surface area contributed by atoms with Crippen molar-refractivity contribution in [1.29, 1.82) is 0 Å². The van der Waals surface area contributed by atoms with Crippen LogP contribution in [0.15, 0.2) is 66.9 Å². The van der Waals surface area contributed by atoms with Gasteiger partial charge in [-0.05, 0) is 54.6 Å². The first-order chi connectivity index (χ1) is 15.8. The number of nitrogens with zero attached hydrogens (tertiary/aromatic N) is 2. The number of rotatable bonds is 6. The zero-order valence-electron chi connectivity index (χ0n) is 17.1. The summed E-state index contributed by atoms with van der Waals surface area (Å²) < 4.78 is 10.6. The number of nitrogens with one attached hydrogen (secondary N) is 3. The van der Waals surface area contributed by atoms with Crippen LogP contribution in [0.2, 0.25) is 0 Å². The van der Waals surface area contributed by atoms with Crippen molar-refractivity contribution in [3.63, 3.8) is 0 Å². The number of ether oxygens (including phenoxy) is 2. The topological polar surface area (TPSA) is 101 Å². The molecule has 2 aromatic carbocycles. The van der Waals surface area contributed by atoms with E-state index in [1.807, 2.05) is 66.7 Å². The Morgan fingerprint density at radius 3 is 2.72 bits per heavy atom. The SMILES string of the molecule is O=C(NC1OCCO1)c1ccccc1Nc1ccc2c(/C=C/c3ccccn3)n[nH]c2c1. The number of fused-ring (bicyclic) bond motifs is 1. The molecule has 0 spiro atoms. The molecule has 160 valence electrons. The number of H-pyrrole nitrogens is 1. The van der Waals surface area contributed by atoms with Gasteiger partial charge in [0.15, 0.2) is 0 Å². The van der Waals surface area contributed by atoms with Crippen LogP contribution in [0, 0.1) is 0 Å². The molecule has 1 aliphatic rings. The number of anilines is 2. The smallest absolute Gasteiger partial charge is 0.257 e. The Balaban J connectivity index is 1.35. The molecular formula is C24H21N5O3. The minimum atomic E-state index is -0.713. The molecule has 1 amide bonds. The van der Waals surface area contributed by atoms with E-state index in [9.17, 15) is 4.79 Å². The van der Waals surface area contributed by atoms with Crippen molar-refractivity contribution >= 4 is 40.3 Å². The van der Waals surface area contributed by atoms with Crippen LogP contribution in [0.3, 0.4) is 0 Å². The fraction of sp³-hybridized carbons (Fsp3) is 0.125. The average Bonchev–Trinajstić information content (AvgIpc) is 3.48. The van der Waals surface area contributed by atoms with Gasteiger partial charge in [0.2, 0.25) is 6.41 Å². The predicted molar refractivity (Wildman–Crippen MR) is 122 cm³/mol. The molecule has 5 rings (SSSR count). The maximum atomic E-state index is 12.7. The molecular weight excluding hydrogens is 406 g/mol. The Morgan fingerprint density at radius 1 is 1.03 bits per heavy atom. The van der Waals surface area contributed by atoms with Crippen LogP contribution in [-0.4, -0.2) is 40.7 Å². The lowest BCUT2D eigenvalue weighted by Crippen LogP contribution is -2.35. The van der Waals surface area contributed by atoms with E-state index in [1.54, 1.807) is 12.3 Å². The maximum Gasteiger partial charge on any atom is 0.257 e. The highest BCUT2D eigenvalue weighted by Gasteiger charge is 2.20. The third kappa shape index (κ3) is 4.36. The summed E-state index contributed by atoms with van der Waals surface area (Å²) in [6.07, 6.45) is 4.90. The van der Waals surface area contributed by atoms with Gasteiger partial charge in [-0.15, -0.1) is 0 Å². The summed E-state index contributed by atoms with van der Waals surface area (Å²) in [7, 11) is 0. The highest BCUT2D eigenvalue weighted by molar-refractivity contribution is 6.00. The number of aromatic amines is 1. The molecule has 1 fully saturated rings. The van der Waals surface area contributed by atoms with Gasteiger partial charge in [-0.25, -0.2) is 0 Å². The van der Waals surface area contributed by atoms with Crippen molar-refractivity contribution in [3.05, 3.63) is 83.8 Å². The van der Waals surface area contributed by atoms with E-state index in [2.05, 4.69) is 25.8 Å². The van der Waals surface area contributed by atoms with E-state index in [1.165, 1.54) is 0 Å². The van der Waals surface area contributed by atoms with Crippen molar-refractivity contribution in [2.45, 2.75) is 6.41 Å². The first-order valence-corrected chi connectivity index (χ1v) is 10.2. The average molecular weight is 427 g/mol. The molecule has 1 saturated heterocycles. The van der Waals surface area contributed by atoms with Crippen molar-refractivity contribution in [2.75, 3.05) is 18.5 Å². The summed E-state index contributed by atoms with van der Waals surface area (Å²) in [5.74, 6) is -0.274. The minimum absolute atomic E-state index is 0.274. The van der Waals surface area contributed by atoms with Crippen molar-refractivity contribution in [3.8, 4) is 0 Å². The summed E-state index contributed by atoms with van der Waals surface area (Å²) in [5, 5.41) is 14.5. The minimum Gasteiger partial charge on any atom is -0.355 e. The van der Waals surface area contributed by atoms with Crippen LogP contribution in [0.4, 0.5) is 11.4 Å². The molecule has 4 aromatic rings. The number of pyridine rings is 1. The third-order valence-corrected chi connectivity index (χ3v) is 5.01. The van der Waals surface area contributed by atoms with Gasteiger partial charge in [-0.2, -0.15) is 5.10 Å². The Labute approximate surface area is 184 Å². The van der Waals surface area contributed by atoms with Crippen molar-refractivity contribution in [1.82, 2.24) is 20.5 Å². The van der Waals surface area contributed by atoms with Gasteiger partial charge in [0, 0.05) is 17.3 Å². The Bertz CT molecular complexity index is 1260. The number of aromatic nitrogens is 3. The number of carbonyl (C=O) groups is 1. The van der Waals surface area contributed by atoms with Crippen LogP contribution in [-0.2, 0) is 9.47 Å². The van der Waals surface area contributed by atoms with Crippen LogP contribution in [0.1, 0.15) is 21.7 Å². The zero-order valence-corrected chi connectivity index (χ0v) is 17.1. The summed E-state index contributed by atoms with van der Waals surface area (Å²) in [6, 6.07) is 18.9. The van der Waals surface area contributed by atoms with E-state index in [4.69, 9.17) is 9.47 Å². The summed E-state index contributed by atoms with van der Waals surface area (Å²) in [6.45, 7) is 0.933. The number of carbonyl (C=O) groups excluding carboxylic acids is 1. The molecule has 1 aliphatic heterocycles. The van der Waals surface area contributed by atoms with E-state index in [0.29, 0.717) is 24.5 Å². The normalized spacial score (nSPS) is 14.2. The fourth-order valence-electron chi connectivity index (χ4n) is 3.46. The molecule has 8 heteroatoms. The van der Waals surface area contributed by atoms with Crippen molar-refractivity contribution < 1.29 is 14.3 Å². The van der Waals surface area contributed by atoms with Crippen LogP contribution < -0.4 is 10.6 Å². The molecule has 0 radical (unpaired) electrons. The van der Waals surface area contributed by atoms with Gasteiger partial charge < -0.3 is 20.1 Å². The Kier molecular flexibility index (Phi) is 5.61. The third-order valence-electron chi connectivity index (χ3n) is 5.01. The first-order valence-electron chi connectivity index (χ1n) is 10.2. The van der Waals surface area contributed by atoms with Gasteiger partial charge in [-0.3, -0.25) is 14.9 Å². The van der Waals surface area contributed by atoms with Gasteiger partial charge in [0.1, 0.15) is 0 Å². The van der Waals surface area contributed by atoms with Gasteiger partial charge in [-0.1, -0.05) is 18.2 Å². The van der Waals surface area contributed by atoms with Crippen LogP contribution in [0.25, 0.3) is 23.1 Å². The van der Waals surface area contributed by atoms with E-state index in [-0.39, 0.29) is 5.91 Å². The standard InChI is InChI=1S/C24H21N5O3/c30-23(27-24-31-13-14-32-24)19-6-1-2-7-20(19)26-17-8-10-18-21(28-29-22(18)15-17)11-9-16-5-3-4-12-25-16/h1-12,15,24,26H,13-14H2,(H,27,30)(H,28,29)/b11-9+. The highest BCUT2D eigenvalue weighted by atomic mass is 16.7. The van der Waals surface area contributed by atoms with Gasteiger partial charge in [0.25, 0.3) is 5.91 Å². The molecule has 0 bridgehead atoms. The lowest BCUT2D eigenvalue weighted by atomic mass is 10.1. The fourth-order valence-corrected chi connectivity index (χ4v) is 3.46. The van der Waals surface area contributed by atoms with Crippen LogP contribution in [0.5, 0.6) is 0 Å². The number of hydrogen-bond acceptors (Lipinski definition) is 6. The number of para-hydroxylation sites is 1. The van der Waals surface area contributed by atoms with E-state index >= 15 is 0 Å². The Morgan fingerprint density at radius 2 is 1.88 bits per heavy atom. The lowest BCUT2D eigenvalue weighted by Gasteiger charge is -2.15. The molecule has 0 unspecified atom stereocenters. The van der Waals surface area contributed by atoms with Gasteiger partial charge >= 0.3 is 0 Å². The summed E-state index contributed by atoms with van der Waals surface area (Å²) in [5.41, 5.74) is 4.58. The zero-order chi connectivity index (χ0) is 21.8. The number of benzene rings is 2. The maximum absolute atomic E-state index is 12.7. The monoisotopic (exact) mass is 427 g/mol. The largest absolute Gasteiger partial charge is 0.355 e. The van der Waals surface area contributed by atoms with Gasteiger partial charge in [0.05, 0.1) is 41.4 Å². The van der Waals surface area contributed by atoms with E-state index < -0.39 is 6.41 Å². The summed E-state index contributed by atoms with van der Waals surface area (Å²) in [4.78, 5) is 17.0. The first kappa shape index (κ1) is 19.9. The molecule has 3 heterocycles. The molecule has 0 saturated carbocycles. The Hall–Kier alpha value is -4.01. The molecule has 8 nitrogen and oxygen atoms in total. The second kappa shape index (κ2) is 9.01. The molecule has 32 heavy (non-hydrogen) atoms. The van der Waals surface area contributed by atoms with E-state index in [0.717, 1.165) is 28.0 Å². The highest BCUT2D eigenvalue weighted by Crippen LogP contribution is 2.26. The predicted octanol–water partition coefficient (Wildman–Crippen LogP) is 3.93. The number of hydrogen-bond donors (Lipinski definition) is 3. The van der Waals surface area contributed by atoms with Crippen molar-refractivity contribution in [2.24, 2.45) is 0 Å². The second-order valence-electron chi connectivity index (χ2n) is 7.17. The molecule has 0 atom stereocenters. The molecule has 3 N–H and O–H groups in total. The molecule has 0 aliphatic carbocycles. The van der Waals surface area contributed by atoms with Crippen LogP contribution >= 0.6 is 0 Å². The number of amides is 1.